The zero-order valence-electron chi connectivity index (χ0n) is 9.87. The summed E-state index contributed by atoms with van der Waals surface area (Å²) < 4.78 is 13.4. The summed E-state index contributed by atoms with van der Waals surface area (Å²) in [5, 5.41) is 4.02. The number of aromatic amines is 1. The molecule has 3 rings (SSSR count). The number of anilines is 1. The Morgan fingerprint density at radius 3 is 2.72 bits per heavy atom. The van der Waals surface area contributed by atoms with Crippen molar-refractivity contribution in [3.05, 3.63) is 40.4 Å². The largest absolute Gasteiger partial charge is 0.368 e. The Balaban J connectivity index is 2.19. The lowest BCUT2D eigenvalue weighted by Gasteiger charge is -2.30. The third kappa shape index (κ3) is 1.97. The molecule has 4 nitrogen and oxygen atoms in total. The Morgan fingerprint density at radius 2 is 1.94 bits per heavy atom. The number of rotatable bonds is 1. The SMILES string of the molecule is O=c1cc(N2CCNCC2)c2cc(F)ccc2[nH]1. The lowest BCUT2D eigenvalue weighted by molar-refractivity contribution is 0.590. The summed E-state index contributed by atoms with van der Waals surface area (Å²) in [6.45, 7) is 3.41. The molecule has 0 unspecified atom stereocenters. The molecule has 1 aromatic heterocycles. The Hall–Kier alpha value is -1.88. The molecule has 2 N–H and O–H groups in total. The molecule has 18 heavy (non-hydrogen) atoms. The van der Waals surface area contributed by atoms with Gasteiger partial charge in [-0.05, 0) is 18.2 Å². The van der Waals surface area contributed by atoms with E-state index >= 15 is 0 Å². The second kappa shape index (κ2) is 4.42. The minimum Gasteiger partial charge on any atom is -0.368 e. The van der Waals surface area contributed by atoms with E-state index in [4.69, 9.17) is 0 Å². The molecule has 0 radical (unpaired) electrons. The highest BCUT2D eigenvalue weighted by Gasteiger charge is 2.14. The molecule has 0 saturated carbocycles. The number of hydrogen-bond donors (Lipinski definition) is 2. The topological polar surface area (TPSA) is 48.1 Å². The lowest BCUT2D eigenvalue weighted by Crippen LogP contribution is -2.43. The van der Waals surface area contributed by atoms with Crippen LogP contribution in [0.25, 0.3) is 10.9 Å². The van der Waals surface area contributed by atoms with Crippen molar-refractivity contribution in [1.29, 1.82) is 0 Å². The van der Waals surface area contributed by atoms with Crippen LogP contribution in [0.4, 0.5) is 10.1 Å². The van der Waals surface area contributed by atoms with Gasteiger partial charge in [-0.3, -0.25) is 4.79 Å². The molecule has 2 heterocycles. The first kappa shape index (κ1) is 11.2. The monoisotopic (exact) mass is 247 g/mol. The van der Waals surface area contributed by atoms with E-state index in [1.54, 1.807) is 12.1 Å². The van der Waals surface area contributed by atoms with Crippen LogP contribution in [0.1, 0.15) is 0 Å². The first-order chi connectivity index (χ1) is 8.74. The van der Waals surface area contributed by atoms with E-state index in [9.17, 15) is 9.18 Å². The average molecular weight is 247 g/mol. The van der Waals surface area contributed by atoms with Crippen molar-refractivity contribution in [3.63, 3.8) is 0 Å². The fourth-order valence-electron chi connectivity index (χ4n) is 2.38. The van der Waals surface area contributed by atoms with Gasteiger partial charge in [0.15, 0.2) is 0 Å². The zero-order chi connectivity index (χ0) is 12.5. The van der Waals surface area contributed by atoms with E-state index < -0.39 is 0 Å². The van der Waals surface area contributed by atoms with E-state index in [0.717, 1.165) is 37.3 Å². The van der Waals surface area contributed by atoms with E-state index in [1.165, 1.54) is 12.1 Å². The second-order valence-electron chi connectivity index (χ2n) is 4.45. The van der Waals surface area contributed by atoms with Crippen molar-refractivity contribution in [2.24, 2.45) is 0 Å². The number of aromatic nitrogens is 1. The van der Waals surface area contributed by atoms with Crippen LogP contribution in [-0.4, -0.2) is 31.2 Å². The van der Waals surface area contributed by atoms with Gasteiger partial charge in [-0.25, -0.2) is 4.39 Å². The Morgan fingerprint density at radius 1 is 1.17 bits per heavy atom. The minimum atomic E-state index is -0.286. The van der Waals surface area contributed by atoms with E-state index in [1.807, 2.05) is 0 Å². The van der Waals surface area contributed by atoms with Crippen molar-refractivity contribution in [1.82, 2.24) is 10.3 Å². The van der Waals surface area contributed by atoms with Crippen LogP contribution in [-0.2, 0) is 0 Å². The molecule has 1 saturated heterocycles. The number of pyridine rings is 1. The maximum absolute atomic E-state index is 13.4. The minimum absolute atomic E-state index is 0.150. The molecule has 0 atom stereocenters. The number of nitrogens with one attached hydrogen (secondary N) is 2. The normalized spacial score (nSPS) is 16.2. The summed E-state index contributed by atoms with van der Waals surface area (Å²) in [5.74, 6) is -0.286. The molecule has 2 aromatic rings. The third-order valence-electron chi connectivity index (χ3n) is 3.24. The van der Waals surface area contributed by atoms with Crippen LogP contribution in [0.5, 0.6) is 0 Å². The van der Waals surface area contributed by atoms with Gasteiger partial charge in [0, 0.05) is 37.6 Å². The van der Waals surface area contributed by atoms with Crippen LogP contribution in [0.2, 0.25) is 0 Å². The van der Waals surface area contributed by atoms with Crippen LogP contribution < -0.4 is 15.8 Å². The van der Waals surface area contributed by atoms with Gasteiger partial charge >= 0.3 is 0 Å². The predicted molar refractivity (Wildman–Crippen MR) is 69.6 cm³/mol. The van der Waals surface area contributed by atoms with Gasteiger partial charge in [0.05, 0.1) is 11.2 Å². The number of benzene rings is 1. The second-order valence-corrected chi connectivity index (χ2v) is 4.45. The summed E-state index contributed by atoms with van der Waals surface area (Å²) in [7, 11) is 0. The quantitative estimate of drug-likeness (QED) is 0.792. The molecule has 1 aliphatic rings. The molecular weight excluding hydrogens is 233 g/mol. The average Bonchev–Trinajstić information content (AvgIpc) is 2.39. The van der Waals surface area contributed by atoms with Crippen LogP contribution in [0.3, 0.4) is 0 Å². The van der Waals surface area contributed by atoms with Gasteiger partial charge in [-0.1, -0.05) is 0 Å². The fraction of sp³-hybridized carbons (Fsp3) is 0.308. The van der Waals surface area contributed by atoms with Crippen LogP contribution >= 0.6 is 0 Å². The lowest BCUT2D eigenvalue weighted by atomic mass is 10.1. The number of halogens is 1. The molecule has 0 amide bonds. The predicted octanol–water partition coefficient (Wildman–Crippen LogP) is 1.08. The van der Waals surface area contributed by atoms with Crippen molar-refractivity contribution in [2.75, 3.05) is 31.1 Å². The highest BCUT2D eigenvalue weighted by Crippen LogP contribution is 2.24. The molecule has 1 fully saturated rings. The van der Waals surface area contributed by atoms with Crippen LogP contribution in [0.15, 0.2) is 29.1 Å². The molecule has 94 valence electrons. The number of fused-ring (bicyclic) bond motifs is 1. The molecule has 0 aliphatic carbocycles. The van der Waals surface area contributed by atoms with Crippen LogP contribution in [0, 0.1) is 5.82 Å². The van der Waals surface area contributed by atoms with Gasteiger partial charge in [0.25, 0.3) is 0 Å². The molecule has 0 spiro atoms. The van der Waals surface area contributed by atoms with E-state index in [-0.39, 0.29) is 11.4 Å². The Bertz CT molecular complexity index is 632. The number of nitrogens with zero attached hydrogens (tertiary/aromatic N) is 1. The highest BCUT2D eigenvalue weighted by atomic mass is 19.1. The molecule has 5 heteroatoms. The van der Waals surface area contributed by atoms with Gasteiger partial charge in [0.1, 0.15) is 5.82 Å². The summed E-state index contributed by atoms with van der Waals surface area (Å²) in [6.07, 6.45) is 0. The molecule has 0 bridgehead atoms. The first-order valence-electron chi connectivity index (χ1n) is 6.02. The van der Waals surface area contributed by atoms with Crippen molar-refractivity contribution in [2.45, 2.75) is 0 Å². The summed E-state index contributed by atoms with van der Waals surface area (Å²) in [5.41, 5.74) is 1.34. The standard InChI is InChI=1S/C13H14FN3O/c14-9-1-2-11-10(7-9)12(8-13(18)16-11)17-5-3-15-4-6-17/h1-2,7-8,15H,3-6H2,(H,16,18). The summed E-state index contributed by atoms with van der Waals surface area (Å²) in [4.78, 5) is 16.5. The molecular formula is C13H14FN3O. The smallest absolute Gasteiger partial charge is 0.250 e. The zero-order valence-corrected chi connectivity index (χ0v) is 9.87. The van der Waals surface area contributed by atoms with Gasteiger partial charge in [-0.2, -0.15) is 0 Å². The molecule has 1 aromatic carbocycles. The van der Waals surface area contributed by atoms with Crippen molar-refractivity contribution in [3.8, 4) is 0 Å². The van der Waals surface area contributed by atoms with Gasteiger partial charge in [0.2, 0.25) is 5.56 Å². The van der Waals surface area contributed by atoms with Crippen molar-refractivity contribution >= 4 is 16.6 Å². The highest BCUT2D eigenvalue weighted by molar-refractivity contribution is 5.91. The van der Waals surface area contributed by atoms with E-state index in [0.29, 0.717) is 5.52 Å². The Kier molecular flexibility index (Phi) is 2.76. The Labute approximate surface area is 103 Å². The van der Waals surface area contributed by atoms with Gasteiger partial charge < -0.3 is 15.2 Å². The first-order valence-corrected chi connectivity index (χ1v) is 6.02. The number of piperazine rings is 1. The van der Waals surface area contributed by atoms with Crippen molar-refractivity contribution < 1.29 is 4.39 Å². The number of hydrogen-bond acceptors (Lipinski definition) is 3. The maximum Gasteiger partial charge on any atom is 0.250 e. The summed E-state index contributed by atoms with van der Waals surface area (Å²) >= 11 is 0. The number of H-pyrrole nitrogens is 1. The molecule has 1 aliphatic heterocycles. The fourth-order valence-corrected chi connectivity index (χ4v) is 2.38. The third-order valence-corrected chi connectivity index (χ3v) is 3.24. The van der Waals surface area contributed by atoms with E-state index in [2.05, 4.69) is 15.2 Å². The van der Waals surface area contributed by atoms with Gasteiger partial charge in [-0.15, -0.1) is 0 Å². The summed E-state index contributed by atoms with van der Waals surface area (Å²) in [6, 6.07) is 5.99. The maximum atomic E-state index is 13.4.